The van der Waals surface area contributed by atoms with Crippen molar-refractivity contribution in [3.05, 3.63) is 52.7 Å². The molecule has 0 atom stereocenters. The van der Waals surface area contributed by atoms with Gasteiger partial charge >= 0.3 is 0 Å². The SMILES string of the molecule is O=C(N/N=C/c1ccc(Br)o1)c1ccccn1. The van der Waals surface area contributed by atoms with Crippen molar-refractivity contribution in [2.75, 3.05) is 0 Å². The van der Waals surface area contributed by atoms with Gasteiger partial charge in [-0.05, 0) is 40.2 Å². The molecule has 0 saturated heterocycles. The molecule has 2 rings (SSSR count). The summed E-state index contributed by atoms with van der Waals surface area (Å²) in [4.78, 5) is 15.4. The number of hydrogen-bond acceptors (Lipinski definition) is 4. The first-order valence-electron chi connectivity index (χ1n) is 4.75. The van der Waals surface area contributed by atoms with Crippen LogP contribution in [-0.4, -0.2) is 17.1 Å². The van der Waals surface area contributed by atoms with Crippen molar-refractivity contribution in [1.29, 1.82) is 0 Å². The molecule has 6 heteroatoms. The van der Waals surface area contributed by atoms with Crippen LogP contribution in [0.15, 0.2) is 50.7 Å². The van der Waals surface area contributed by atoms with Crippen molar-refractivity contribution < 1.29 is 9.21 Å². The van der Waals surface area contributed by atoms with E-state index in [1.54, 1.807) is 36.5 Å². The third-order valence-electron chi connectivity index (χ3n) is 1.85. The number of rotatable bonds is 3. The Kier molecular flexibility index (Phi) is 3.66. The molecule has 0 aliphatic carbocycles. The minimum Gasteiger partial charge on any atom is -0.448 e. The molecule has 0 saturated carbocycles. The lowest BCUT2D eigenvalue weighted by Crippen LogP contribution is -2.18. The first-order valence-corrected chi connectivity index (χ1v) is 5.55. The van der Waals surface area contributed by atoms with Crippen LogP contribution < -0.4 is 5.43 Å². The lowest BCUT2D eigenvalue weighted by atomic mass is 10.3. The van der Waals surface area contributed by atoms with E-state index in [2.05, 4.69) is 31.4 Å². The highest BCUT2D eigenvalue weighted by Crippen LogP contribution is 2.11. The van der Waals surface area contributed by atoms with Crippen molar-refractivity contribution in [2.24, 2.45) is 5.10 Å². The Morgan fingerprint density at radius 3 is 2.94 bits per heavy atom. The molecule has 17 heavy (non-hydrogen) atoms. The summed E-state index contributed by atoms with van der Waals surface area (Å²) >= 11 is 3.16. The Labute approximate surface area is 106 Å². The monoisotopic (exact) mass is 293 g/mol. The van der Waals surface area contributed by atoms with Crippen molar-refractivity contribution >= 4 is 28.1 Å². The molecule has 2 aromatic heterocycles. The molecule has 0 aliphatic heterocycles. The highest BCUT2D eigenvalue weighted by molar-refractivity contribution is 9.10. The maximum Gasteiger partial charge on any atom is 0.289 e. The van der Waals surface area contributed by atoms with Gasteiger partial charge in [-0.25, -0.2) is 5.43 Å². The summed E-state index contributed by atoms with van der Waals surface area (Å²) in [6, 6.07) is 8.53. The number of hydrogen-bond donors (Lipinski definition) is 1. The topological polar surface area (TPSA) is 67.5 Å². The molecule has 5 nitrogen and oxygen atoms in total. The van der Waals surface area contributed by atoms with Crippen molar-refractivity contribution in [2.45, 2.75) is 0 Å². The number of nitrogens with one attached hydrogen (secondary N) is 1. The van der Waals surface area contributed by atoms with E-state index in [0.717, 1.165) is 0 Å². The lowest BCUT2D eigenvalue weighted by Gasteiger charge is -1.96. The summed E-state index contributed by atoms with van der Waals surface area (Å²) in [7, 11) is 0. The average molecular weight is 294 g/mol. The molecular formula is C11H8BrN3O2. The molecule has 2 aromatic rings. The van der Waals surface area contributed by atoms with Crippen LogP contribution in [0.2, 0.25) is 0 Å². The van der Waals surface area contributed by atoms with Gasteiger partial charge < -0.3 is 4.42 Å². The summed E-state index contributed by atoms with van der Waals surface area (Å²) < 4.78 is 5.78. The molecule has 86 valence electrons. The number of furan rings is 1. The van der Waals surface area contributed by atoms with E-state index in [1.807, 2.05) is 0 Å². The van der Waals surface area contributed by atoms with Crippen LogP contribution in [0.25, 0.3) is 0 Å². The Morgan fingerprint density at radius 1 is 1.41 bits per heavy atom. The number of carbonyl (C=O) groups excluding carboxylic acids is 1. The summed E-state index contributed by atoms with van der Waals surface area (Å²) in [6.45, 7) is 0. The second-order valence-electron chi connectivity index (χ2n) is 3.06. The lowest BCUT2D eigenvalue weighted by molar-refractivity contribution is 0.0950. The maximum atomic E-state index is 11.5. The molecule has 0 aliphatic rings. The molecule has 2 heterocycles. The van der Waals surface area contributed by atoms with Gasteiger partial charge in [-0.15, -0.1) is 0 Å². The summed E-state index contributed by atoms with van der Waals surface area (Å²) in [5.74, 6) is 0.172. The predicted molar refractivity (Wildman–Crippen MR) is 65.7 cm³/mol. The molecule has 0 bridgehead atoms. The number of pyridine rings is 1. The largest absolute Gasteiger partial charge is 0.448 e. The Morgan fingerprint density at radius 2 is 2.29 bits per heavy atom. The number of nitrogens with zero attached hydrogens (tertiary/aromatic N) is 2. The molecule has 0 fully saturated rings. The molecule has 1 N–H and O–H groups in total. The van der Waals surface area contributed by atoms with Crippen molar-refractivity contribution in [1.82, 2.24) is 10.4 Å². The third-order valence-corrected chi connectivity index (χ3v) is 2.28. The fourth-order valence-corrected chi connectivity index (χ4v) is 1.43. The van der Waals surface area contributed by atoms with Crippen LogP contribution >= 0.6 is 15.9 Å². The van der Waals surface area contributed by atoms with E-state index in [9.17, 15) is 4.79 Å². The van der Waals surface area contributed by atoms with Crippen LogP contribution in [0, 0.1) is 0 Å². The zero-order valence-electron chi connectivity index (χ0n) is 8.63. The zero-order chi connectivity index (χ0) is 12.1. The molecular weight excluding hydrogens is 286 g/mol. The first kappa shape index (κ1) is 11.5. The van der Waals surface area contributed by atoms with Crippen molar-refractivity contribution in [3.63, 3.8) is 0 Å². The van der Waals surface area contributed by atoms with E-state index in [-0.39, 0.29) is 5.91 Å². The van der Waals surface area contributed by atoms with Crippen LogP contribution in [-0.2, 0) is 0 Å². The maximum absolute atomic E-state index is 11.5. The molecule has 1 amide bonds. The number of hydrazone groups is 1. The standard InChI is InChI=1S/C11H8BrN3O2/c12-10-5-4-8(17-10)7-14-15-11(16)9-3-1-2-6-13-9/h1-7H,(H,15,16)/b14-7+. The fourth-order valence-electron chi connectivity index (χ4n) is 1.11. The highest BCUT2D eigenvalue weighted by atomic mass is 79.9. The van der Waals surface area contributed by atoms with Crippen molar-refractivity contribution in [3.8, 4) is 0 Å². The van der Waals surface area contributed by atoms with Gasteiger partial charge in [0.15, 0.2) is 4.67 Å². The fraction of sp³-hybridized carbons (Fsp3) is 0. The van der Waals surface area contributed by atoms with Crippen LogP contribution in [0.4, 0.5) is 0 Å². The van der Waals surface area contributed by atoms with E-state index in [1.165, 1.54) is 6.21 Å². The molecule has 0 radical (unpaired) electrons. The normalized spacial score (nSPS) is 10.6. The summed E-state index contributed by atoms with van der Waals surface area (Å²) in [5.41, 5.74) is 2.66. The second kappa shape index (κ2) is 5.40. The third kappa shape index (κ3) is 3.25. The predicted octanol–water partition coefficient (Wildman–Crippen LogP) is 2.20. The summed E-state index contributed by atoms with van der Waals surface area (Å²) in [5, 5.41) is 3.75. The van der Waals surface area contributed by atoms with Gasteiger partial charge in [0.2, 0.25) is 0 Å². The van der Waals surface area contributed by atoms with E-state index in [4.69, 9.17) is 4.42 Å². The number of amides is 1. The van der Waals surface area contributed by atoms with Gasteiger partial charge in [-0.1, -0.05) is 6.07 Å². The van der Waals surface area contributed by atoms with Gasteiger partial charge in [-0.2, -0.15) is 5.10 Å². The Hall–Kier alpha value is -1.95. The summed E-state index contributed by atoms with van der Waals surface area (Å²) in [6.07, 6.45) is 2.95. The van der Waals surface area contributed by atoms with E-state index in [0.29, 0.717) is 16.1 Å². The van der Waals surface area contributed by atoms with E-state index < -0.39 is 0 Å². The minimum absolute atomic E-state index is 0.310. The minimum atomic E-state index is -0.368. The second-order valence-corrected chi connectivity index (χ2v) is 3.84. The van der Waals surface area contributed by atoms with Gasteiger partial charge in [0.1, 0.15) is 11.5 Å². The van der Waals surface area contributed by atoms with Gasteiger partial charge in [0.25, 0.3) is 5.91 Å². The van der Waals surface area contributed by atoms with Crippen LogP contribution in [0.1, 0.15) is 16.2 Å². The van der Waals surface area contributed by atoms with Crippen LogP contribution in [0.3, 0.4) is 0 Å². The smallest absolute Gasteiger partial charge is 0.289 e. The zero-order valence-corrected chi connectivity index (χ0v) is 10.2. The average Bonchev–Trinajstić information content (AvgIpc) is 2.76. The molecule has 0 spiro atoms. The van der Waals surface area contributed by atoms with Gasteiger partial charge in [0, 0.05) is 6.20 Å². The highest BCUT2D eigenvalue weighted by Gasteiger charge is 2.03. The van der Waals surface area contributed by atoms with E-state index >= 15 is 0 Å². The number of halogens is 1. The molecule has 0 unspecified atom stereocenters. The number of aromatic nitrogens is 1. The van der Waals surface area contributed by atoms with Gasteiger partial charge in [-0.3, -0.25) is 9.78 Å². The Balaban J connectivity index is 1.95. The van der Waals surface area contributed by atoms with Crippen LogP contribution in [0.5, 0.6) is 0 Å². The Bertz CT molecular complexity index is 537. The molecule has 0 aromatic carbocycles. The van der Waals surface area contributed by atoms with Gasteiger partial charge in [0.05, 0.1) is 6.21 Å². The first-order chi connectivity index (χ1) is 8.25. The number of carbonyl (C=O) groups is 1. The quantitative estimate of drug-likeness (QED) is 0.697.